The minimum absolute atomic E-state index is 0.980. The zero-order valence-corrected chi connectivity index (χ0v) is 18.6. The third-order valence-electron chi connectivity index (χ3n) is 6.19. The van der Waals surface area contributed by atoms with Crippen molar-refractivity contribution in [2.75, 3.05) is 0 Å². The van der Waals surface area contributed by atoms with Gasteiger partial charge < -0.3 is 0 Å². The maximum Gasteiger partial charge on any atom is 0.0716 e. The van der Waals surface area contributed by atoms with Gasteiger partial charge in [-0.25, -0.2) is 4.98 Å². The Bertz CT molecular complexity index is 1560. The second-order valence-electron chi connectivity index (χ2n) is 8.33. The molecule has 6 aromatic rings. The maximum absolute atomic E-state index is 5.02. The van der Waals surface area contributed by atoms with Crippen LogP contribution in [0.3, 0.4) is 0 Å². The lowest BCUT2D eigenvalue weighted by atomic mass is 9.94. The van der Waals surface area contributed by atoms with Gasteiger partial charge in [-0.1, -0.05) is 91.0 Å². The highest BCUT2D eigenvalue weighted by atomic mass is 14.7. The largest absolute Gasteiger partial charge is 0.265 e. The zero-order valence-electron chi connectivity index (χ0n) is 18.6. The summed E-state index contributed by atoms with van der Waals surface area (Å²) < 4.78 is 0. The molecule has 0 aliphatic rings. The highest BCUT2D eigenvalue weighted by Crippen LogP contribution is 2.35. The van der Waals surface area contributed by atoms with E-state index in [1.165, 1.54) is 27.8 Å². The molecule has 0 aliphatic carbocycles. The van der Waals surface area contributed by atoms with Gasteiger partial charge in [-0.15, -0.1) is 0 Å². The van der Waals surface area contributed by atoms with E-state index >= 15 is 0 Å². The van der Waals surface area contributed by atoms with Gasteiger partial charge in [0.25, 0.3) is 0 Å². The van der Waals surface area contributed by atoms with Crippen LogP contribution in [0.15, 0.2) is 134 Å². The molecule has 0 atom stereocenters. The molecule has 0 saturated carbocycles. The van der Waals surface area contributed by atoms with Gasteiger partial charge in [0.05, 0.1) is 11.2 Å². The number of benzene rings is 4. The molecule has 0 aliphatic heterocycles. The molecule has 0 bridgehead atoms. The summed E-state index contributed by atoms with van der Waals surface area (Å²) in [4.78, 5) is 9.16. The first-order valence-corrected chi connectivity index (χ1v) is 11.4. The summed E-state index contributed by atoms with van der Waals surface area (Å²) in [6, 6.07) is 42.5. The van der Waals surface area contributed by atoms with Gasteiger partial charge in [0.1, 0.15) is 0 Å². The van der Waals surface area contributed by atoms with Crippen LogP contribution in [0, 0.1) is 0 Å². The number of nitrogens with zero attached hydrogens (tertiary/aromatic N) is 2. The Morgan fingerprint density at radius 3 is 1.68 bits per heavy atom. The van der Waals surface area contributed by atoms with Crippen molar-refractivity contribution in [1.29, 1.82) is 0 Å². The number of hydrogen-bond acceptors (Lipinski definition) is 2. The first-order valence-electron chi connectivity index (χ1n) is 11.4. The number of fused-ring (bicyclic) bond motifs is 1. The molecular weight excluding hydrogens is 412 g/mol. The third kappa shape index (κ3) is 3.87. The second-order valence-corrected chi connectivity index (χ2v) is 8.33. The van der Waals surface area contributed by atoms with Crippen molar-refractivity contribution in [2.24, 2.45) is 0 Å². The van der Waals surface area contributed by atoms with Crippen molar-refractivity contribution in [3.63, 3.8) is 0 Å². The fourth-order valence-corrected chi connectivity index (χ4v) is 4.42. The number of aromatic nitrogens is 2. The van der Waals surface area contributed by atoms with Crippen LogP contribution < -0.4 is 0 Å². The minimum atomic E-state index is 0.980. The van der Waals surface area contributed by atoms with Crippen LogP contribution in [-0.4, -0.2) is 9.97 Å². The molecule has 0 spiro atoms. The summed E-state index contributed by atoms with van der Waals surface area (Å²) in [6.45, 7) is 0. The number of rotatable bonds is 4. The Morgan fingerprint density at radius 1 is 0.412 bits per heavy atom. The lowest BCUT2D eigenvalue weighted by molar-refractivity contribution is 1.33. The van der Waals surface area contributed by atoms with Crippen molar-refractivity contribution in [3.05, 3.63) is 134 Å². The topological polar surface area (TPSA) is 25.8 Å². The van der Waals surface area contributed by atoms with Gasteiger partial charge in [-0.3, -0.25) is 4.98 Å². The van der Waals surface area contributed by atoms with E-state index in [0.29, 0.717) is 0 Å². The van der Waals surface area contributed by atoms with Crippen molar-refractivity contribution < 1.29 is 0 Å². The summed E-state index contributed by atoms with van der Waals surface area (Å²) in [5.41, 5.74) is 10.2. The van der Waals surface area contributed by atoms with E-state index in [4.69, 9.17) is 4.98 Å². The van der Waals surface area contributed by atoms with Crippen LogP contribution in [0.4, 0.5) is 0 Å². The number of hydrogen-bond donors (Lipinski definition) is 0. The van der Waals surface area contributed by atoms with Gasteiger partial charge in [-0.2, -0.15) is 0 Å². The Kier molecular flexibility index (Phi) is 5.17. The predicted molar refractivity (Wildman–Crippen MR) is 141 cm³/mol. The van der Waals surface area contributed by atoms with Crippen molar-refractivity contribution in [3.8, 4) is 44.6 Å². The number of pyridine rings is 2. The van der Waals surface area contributed by atoms with E-state index in [1.54, 1.807) is 0 Å². The fraction of sp³-hybridized carbons (Fsp3) is 0. The van der Waals surface area contributed by atoms with Crippen molar-refractivity contribution in [1.82, 2.24) is 9.97 Å². The molecule has 2 nitrogen and oxygen atoms in total. The van der Waals surface area contributed by atoms with Crippen molar-refractivity contribution >= 4 is 10.9 Å². The summed E-state index contributed by atoms with van der Waals surface area (Å²) in [6.07, 6.45) is 3.66. The van der Waals surface area contributed by atoms with Gasteiger partial charge >= 0.3 is 0 Å². The Morgan fingerprint density at radius 2 is 0.971 bits per heavy atom. The zero-order chi connectivity index (χ0) is 22.7. The van der Waals surface area contributed by atoms with Crippen LogP contribution in [0.2, 0.25) is 0 Å². The summed E-state index contributed by atoms with van der Waals surface area (Å²) >= 11 is 0. The highest BCUT2D eigenvalue weighted by Gasteiger charge is 2.11. The molecule has 2 aromatic heterocycles. The first kappa shape index (κ1) is 20.1. The molecule has 4 aromatic carbocycles. The second kappa shape index (κ2) is 8.76. The average Bonchev–Trinajstić information content (AvgIpc) is 2.94. The maximum atomic E-state index is 5.02. The summed E-state index contributed by atoms with van der Waals surface area (Å²) in [5.74, 6) is 0. The first-order chi connectivity index (χ1) is 16.8. The quantitative estimate of drug-likeness (QED) is 0.279. The van der Waals surface area contributed by atoms with E-state index in [-0.39, 0.29) is 0 Å². The van der Waals surface area contributed by atoms with E-state index < -0.39 is 0 Å². The third-order valence-corrected chi connectivity index (χ3v) is 6.19. The molecule has 160 valence electrons. The summed E-state index contributed by atoms with van der Waals surface area (Å²) in [5, 5.41) is 1.15. The normalized spacial score (nSPS) is 10.9. The van der Waals surface area contributed by atoms with Crippen LogP contribution in [0.5, 0.6) is 0 Å². The van der Waals surface area contributed by atoms with Gasteiger partial charge in [-0.05, 0) is 63.7 Å². The Hall–Kier alpha value is -4.56. The van der Waals surface area contributed by atoms with E-state index in [2.05, 4.69) is 102 Å². The van der Waals surface area contributed by atoms with E-state index in [1.807, 2.05) is 36.7 Å². The average molecular weight is 435 g/mol. The summed E-state index contributed by atoms with van der Waals surface area (Å²) in [7, 11) is 0. The SMILES string of the molecule is c1ccc(-c2ccc3nc(-c4ccccc4)cc(-c4ccc(-c5ccncc5)cc4)c3c2)cc1. The smallest absolute Gasteiger partial charge is 0.0716 e. The molecule has 34 heavy (non-hydrogen) atoms. The lowest BCUT2D eigenvalue weighted by Gasteiger charge is -2.13. The molecule has 0 saturated heterocycles. The molecule has 6 rings (SSSR count). The predicted octanol–water partition coefficient (Wildman–Crippen LogP) is 8.30. The van der Waals surface area contributed by atoms with Crippen LogP contribution >= 0.6 is 0 Å². The molecule has 2 heteroatoms. The van der Waals surface area contributed by atoms with E-state index in [0.717, 1.165) is 27.7 Å². The van der Waals surface area contributed by atoms with Crippen LogP contribution in [0.1, 0.15) is 0 Å². The molecule has 0 radical (unpaired) electrons. The van der Waals surface area contributed by atoms with Gasteiger partial charge in [0.2, 0.25) is 0 Å². The van der Waals surface area contributed by atoms with Gasteiger partial charge in [0, 0.05) is 23.3 Å². The standard InChI is InChI=1S/C32H22N2/c1-3-7-23(8-4-1)28-15-16-31-30(21-28)29(22-32(34-31)27-9-5-2-6-10-27)26-13-11-24(12-14-26)25-17-19-33-20-18-25/h1-22H. The molecular formula is C32H22N2. The monoisotopic (exact) mass is 434 g/mol. The molecule has 2 heterocycles. The van der Waals surface area contributed by atoms with Crippen LogP contribution in [0.25, 0.3) is 55.5 Å². The molecule has 0 fully saturated rings. The Labute approximate surface area is 199 Å². The van der Waals surface area contributed by atoms with Crippen molar-refractivity contribution in [2.45, 2.75) is 0 Å². The molecule has 0 amide bonds. The lowest BCUT2D eigenvalue weighted by Crippen LogP contribution is -1.91. The highest BCUT2D eigenvalue weighted by molar-refractivity contribution is 5.99. The fourth-order valence-electron chi connectivity index (χ4n) is 4.42. The Balaban J connectivity index is 1.54. The van der Waals surface area contributed by atoms with Crippen LogP contribution in [-0.2, 0) is 0 Å². The van der Waals surface area contributed by atoms with Gasteiger partial charge in [0.15, 0.2) is 0 Å². The molecule has 0 N–H and O–H groups in total. The minimum Gasteiger partial charge on any atom is -0.265 e. The van der Waals surface area contributed by atoms with E-state index in [9.17, 15) is 0 Å². The molecule has 0 unspecified atom stereocenters.